The molecule has 0 fully saturated rings. The van der Waals surface area contributed by atoms with Gasteiger partial charge in [-0.25, -0.2) is 0 Å². The van der Waals surface area contributed by atoms with Crippen molar-refractivity contribution in [3.05, 3.63) is 42.2 Å². The van der Waals surface area contributed by atoms with Crippen LogP contribution in [0.2, 0.25) is 0 Å². The Morgan fingerprint density at radius 3 is 2.41 bits per heavy atom. The summed E-state index contributed by atoms with van der Waals surface area (Å²) in [4.78, 5) is 16.2. The third kappa shape index (κ3) is 4.51. The van der Waals surface area contributed by atoms with Gasteiger partial charge >= 0.3 is 0 Å². The zero-order valence-electron chi connectivity index (χ0n) is 12.9. The van der Waals surface area contributed by atoms with Crippen molar-refractivity contribution in [2.24, 2.45) is 5.92 Å². The summed E-state index contributed by atoms with van der Waals surface area (Å²) >= 11 is 0. The van der Waals surface area contributed by atoms with Crippen LogP contribution in [0.4, 0.5) is 11.6 Å². The minimum Gasteiger partial charge on any atom is -0.363 e. The van der Waals surface area contributed by atoms with E-state index in [1.807, 2.05) is 32.0 Å². The lowest BCUT2D eigenvalue weighted by Gasteiger charge is -2.12. The van der Waals surface area contributed by atoms with Crippen molar-refractivity contribution in [3.63, 3.8) is 0 Å². The maximum absolute atomic E-state index is 12.0. The molecule has 2 aromatic heterocycles. The Balaban J connectivity index is 1.89. The van der Waals surface area contributed by atoms with Crippen LogP contribution in [0.5, 0.6) is 0 Å². The molecule has 2 rings (SSSR count). The molecule has 2 aromatic rings. The molecule has 0 spiro atoms. The standard InChI is InChI=1S/C16H21N5O/c1-3-12(4-2)16(22)19-15-9-8-14(20-21-15)18-11-13-7-5-6-10-17-13/h5-10,12H,3-4,11H2,1-2H3,(H,18,20)(H,19,21,22). The Hall–Kier alpha value is -2.50. The van der Waals surface area contributed by atoms with Gasteiger partial charge in [-0.15, -0.1) is 10.2 Å². The van der Waals surface area contributed by atoms with E-state index in [4.69, 9.17) is 0 Å². The van der Waals surface area contributed by atoms with E-state index in [0.717, 1.165) is 18.5 Å². The molecule has 22 heavy (non-hydrogen) atoms. The number of anilines is 2. The maximum atomic E-state index is 12.0. The van der Waals surface area contributed by atoms with E-state index in [9.17, 15) is 4.79 Å². The van der Waals surface area contributed by atoms with Gasteiger partial charge in [-0.3, -0.25) is 9.78 Å². The summed E-state index contributed by atoms with van der Waals surface area (Å²) in [7, 11) is 0. The van der Waals surface area contributed by atoms with Gasteiger partial charge in [0.25, 0.3) is 0 Å². The summed E-state index contributed by atoms with van der Waals surface area (Å²) in [6, 6.07) is 9.28. The highest BCUT2D eigenvalue weighted by molar-refractivity contribution is 5.91. The molecule has 1 amide bonds. The zero-order valence-corrected chi connectivity index (χ0v) is 12.9. The summed E-state index contributed by atoms with van der Waals surface area (Å²) in [5, 5.41) is 14.0. The number of carbonyl (C=O) groups is 1. The SMILES string of the molecule is CCC(CC)C(=O)Nc1ccc(NCc2ccccn2)nn1. The van der Waals surface area contributed by atoms with E-state index in [1.165, 1.54) is 0 Å². The van der Waals surface area contributed by atoms with Gasteiger partial charge in [0.05, 0.1) is 12.2 Å². The molecule has 6 nitrogen and oxygen atoms in total. The summed E-state index contributed by atoms with van der Waals surface area (Å²) in [5.74, 6) is 1.13. The smallest absolute Gasteiger partial charge is 0.228 e. The summed E-state index contributed by atoms with van der Waals surface area (Å²) in [6.45, 7) is 4.59. The molecule has 0 saturated heterocycles. The van der Waals surface area contributed by atoms with Crippen molar-refractivity contribution in [2.45, 2.75) is 33.2 Å². The van der Waals surface area contributed by atoms with E-state index in [2.05, 4.69) is 25.8 Å². The van der Waals surface area contributed by atoms with Crippen LogP contribution in [0.15, 0.2) is 36.5 Å². The number of carbonyl (C=O) groups excluding carboxylic acids is 1. The molecule has 0 unspecified atom stereocenters. The molecule has 0 aromatic carbocycles. The molecular formula is C16H21N5O. The third-order valence-electron chi connectivity index (χ3n) is 3.45. The van der Waals surface area contributed by atoms with E-state index in [0.29, 0.717) is 18.2 Å². The van der Waals surface area contributed by atoms with Crippen molar-refractivity contribution in [2.75, 3.05) is 10.6 Å². The Morgan fingerprint density at radius 2 is 1.82 bits per heavy atom. The van der Waals surface area contributed by atoms with Gasteiger partial charge in [0.2, 0.25) is 5.91 Å². The number of nitrogens with one attached hydrogen (secondary N) is 2. The van der Waals surface area contributed by atoms with Crippen LogP contribution in [-0.4, -0.2) is 21.1 Å². The van der Waals surface area contributed by atoms with Gasteiger partial charge in [0.1, 0.15) is 5.82 Å². The minimum atomic E-state index is -0.00602. The highest BCUT2D eigenvalue weighted by Crippen LogP contribution is 2.12. The fourth-order valence-electron chi connectivity index (χ4n) is 2.06. The second-order valence-corrected chi connectivity index (χ2v) is 4.98. The number of hydrogen-bond acceptors (Lipinski definition) is 5. The van der Waals surface area contributed by atoms with Crippen LogP contribution >= 0.6 is 0 Å². The molecule has 0 atom stereocenters. The number of nitrogens with zero attached hydrogens (tertiary/aromatic N) is 3. The first-order valence-electron chi connectivity index (χ1n) is 7.51. The lowest BCUT2D eigenvalue weighted by atomic mass is 10.0. The van der Waals surface area contributed by atoms with Gasteiger partial charge in [-0.05, 0) is 37.1 Å². The first-order chi connectivity index (χ1) is 10.7. The Labute approximate surface area is 130 Å². The van der Waals surface area contributed by atoms with Crippen molar-refractivity contribution in [1.29, 1.82) is 0 Å². The molecule has 0 aliphatic heterocycles. The van der Waals surface area contributed by atoms with Gasteiger partial charge < -0.3 is 10.6 Å². The Bertz CT molecular complexity index is 581. The first kappa shape index (κ1) is 15.9. The zero-order chi connectivity index (χ0) is 15.8. The number of pyridine rings is 1. The highest BCUT2D eigenvalue weighted by Gasteiger charge is 2.14. The lowest BCUT2D eigenvalue weighted by molar-refractivity contribution is -0.120. The minimum absolute atomic E-state index is 0.00602. The van der Waals surface area contributed by atoms with Gasteiger partial charge in [-0.2, -0.15) is 0 Å². The lowest BCUT2D eigenvalue weighted by Crippen LogP contribution is -2.22. The predicted molar refractivity (Wildman–Crippen MR) is 86.3 cm³/mol. The fraction of sp³-hybridized carbons (Fsp3) is 0.375. The average Bonchev–Trinajstić information content (AvgIpc) is 2.56. The number of amides is 1. The number of rotatable bonds is 7. The largest absolute Gasteiger partial charge is 0.363 e. The molecular weight excluding hydrogens is 278 g/mol. The molecule has 0 saturated carbocycles. The Morgan fingerprint density at radius 1 is 1.09 bits per heavy atom. The van der Waals surface area contributed by atoms with Gasteiger partial charge in [-0.1, -0.05) is 19.9 Å². The summed E-state index contributed by atoms with van der Waals surface area (Å²) < 4.78 is 0. The van der Waals surface area contributed by atoms with Crippen molar-refractivity contribution < 1.29 is 4.79 Å². The third-order valence-corrected chi connectivity index (χ3v) is 3.45. The first-order valence-corrected chi connectivity index (χ1v) is 7.51. The molecule has 0 aliphatic rings. The molecule has 0 aliphatic carbocycles. The quantitative estimate of drug-likeness (QED) is 0.821. The predicted octanol–water partition coefficient (Wildman–Crippen LogP) is 2.86. The average molecular weight is 299 g/mol. The summed E-state index contributed by atoms with van der Waals surface area (Å²) in [5.41, 5.74) is 0.926. The maximum Gasteiger partial charge on any atom is 0.228 e. The summed E-state index contributed by atoms with van der Waals surface area (Å²) in [6.07, 6.45) is 3.39. The normalized spacial score (nSPS) is 10.5. The Kier molecular flexibility index (Phi) is 5.82. The van der Waals surface area contributed by atoms with Crippen LogP contribution in [0.3, 0.4) is 0 Å². The van der Waals surface area contributed by atoms with Gasteiger partial charge in [0.15, 0.2) is 5.82 Å². The molecule has 6 heteroatoms. The monoisotopic (exact) mass is 299 g/mol. The number of hydrogen-bond donors (Lipinski definition) is 2. The number of aromatic nitrogens is 3. The second-order valence-electron chi connectivity index (χ2n) is 4.98. The van der Waals surface area contributed by atoms with Crippen molar-refractivity contribution >= 4 is 17.5 Å². The fourth-order valence-corrected chi connectivity index (χ4v) is 2.06. The molecule has 116 valence electrons. The van der Waals surface area contributed by atoms with Crippen LogP contribution in [0.1, 0.15) is 32.4 Å². The van der Waals surface area contributed by atoms with Gasteiger partial charge in [0, 0.05) is 12.1 Å². The van der Waals surface area contributed by atoms with E-state index in [1.54, 1.807) is 18.3 Å². The van der Waals surface area contributed by atoms with Crippen LogP contribution in [-0.2, 0) is 11.3 Å². The second kappa shape index (κ2) is 8.07. The van der Waals surface area contributed by atoms with E-state index < -0.39 is 0 Å². The molecule has 0 bridgehead atoms. The topological polar surface area (TPSA) is 79.8 Å². The van der Waals surface area contributed by atoms with Crippen LogP contribution in [0.25, 0.3) is 0 Å². The highest BCUT2D eigenvalue weighted by atomic mass is 16.1. The van der Waals surface area contributed by atoms with E-state index in [-0.39, 0.29) is 11.8 Å². The van der Waals surface area contributed by atoms with Crippen molar-refractivity contribution in [3.8, 4) is 0 Å². The van der Waals surface area contributed by atoms with Crippen LogP contribution < -0.4 is 10.6 Å². The molecule has 2 N–H and O–H groups in total. The molecule has 0 radical (unpaired) electrons. The van der Waals surface area contributed by atoms with Crippen molar-refractivity contribution in [1.82, 2.24) is 15.2 Å². The van der Waals surface area contributed by atoms with Crippen LogP contribution in [0, 0.1) is 5.92 Å². The van der Waals surface area contributed by atoms with E-state index >= 15 is 0 Å². The molecule has 2 heterocycles.